The van der Waals surface area contributed by atoms with E-state index >= 15 is 0 Å². The Morgan fingerprint density at radius 3 is 2.03 bits per heavy atom. The quantitative estimate of drug-likeness (QED) is 0.371. The molecule has 0 aliphatic rings. The van der Waals surface area contributed by atoms with Crippen LogP contribution in [0, 0.1) is 0 Å². The second-order valence-corrected chi connectivity index (χ2v) is 9.72. The van der Waals surface area contributed by atoms with E-state index in [1.807, 2.05) is 73.6 Å². The number of hydrogen-bond donors (Lipinski definition) is 1. The lowest BCUT2D eigenvalue weighted by atomic mass is 10.2. The van der Waals surface area contributed by atoms with E-state index in [-0.39, 0.29) is 0 Å². The van der Waals surface area contributed by atoms with E-state index in [1.165, 1.54) is 13.1 Å². The molecule has 0 radical (unpaired) electrons. The third-order valence-electron chi connectivity index (χ3n) is 4.96. The largest absolute Gasteiger partial charge is 0.457 e. The molecule has 0 aliphatic carbocycles. The summed E-state index contributed by atoms with van der Waals surface area (Å²) in [5, 5.41) is 3.98. The van der Waals surface area contributed by atoms with Crippen molar-refractivity contribution in [3.8, 4) is 11.5 Å². The number of anilines is 2. The smallest absolute Gasteiger partial charge is 0.263 e. The molecular formula is C25H28N4O4S. The topological polar surface area (TPSA) is 91.3 Å². The molecule has 0 spiro atoms. The molecule has 3 aromatic carbocycles. The predicted molar refractivity (Wildman–Crippen MR) is 136 cm³/mol. The Kier molecular flexibility index (Phi) is 7.91. The standard InChI is InChI=1S/C25H28N4O4S/c1-19(25(30)27-26-18-20-10-12-21(13-11-20)28(2)3)29(34(4,31)32)22-14-16-24(17-15-22)33-23-8-6-5-7-9-23/h5-19H,1-4H3,(H,27,30)/b26-18-/t19-/m1/s1. The third kappa shape index (κ3) is 6.58. The van der Waals surface area contributed by atoms with E-state index < -0.39 is 22.0 Å². The van der Waals surface area contributed by atoms with Gasteiger partial charge in [-0.2, -0.15) is 5.10 Å². The molecule has 1 amide bonds. The molecule has 1 N–H and O–H groups in total. The van der Waals surface area contributed by atoms with Crippen LogP contribution >= 0.6 is 0 Å². The van der Waals surface area contributed by atoms with Crippen LogP contribution in [0.2, 0.25) is 0 Å². The summed E-state index contributed by atoms with van der Waals surface area (Å²) in [5.41, 5.74) is 4.60. The van der Waals surface area contributed by atoms with E-state index in [9.17, 15) is 13.2 Å². The number of hydrazone groups is 1. The molecule has 0 saturated carbocycles. The first-order valence-corrected chi connectivity index (χ1v) is 12.4. The average Bonchev–Trinajstić information content (AvgIpc) is 2.80. The van der Waals surface area contributed by atoms with Crippen LogP contribution in [-0.2, 0) is 14.8 Å². The van der Waals surface area contributed by atoms with Crippen molar-refractivity contribution in [2.24, 2.45) is 5.10 Å². The molecule has 0 aromatic heterocycles. The second-order valence-electron chi connectivity index (χ2n) is 7.86. The summed E-state index contributed by atoms with van der Waals surface area (Å²) < 4.78 is 31.8. The summed E-state index contributed by atoms with van der Waals surface area (Å²) in [6.07, 6.45) is 2.56. The molecule has 1 atom stereocenters. The minimum atomic E-state index is -3.75. The zero-order valence-electron chi connectivity index (χ0n) is 19.5. The minimum absolute atomic E-state index is 0.341. The van der Waals surface area contributed by atoms with E-state index in [1.54, 1.807) is 24.3 Å². The molecule has 0 fully saturated rings. The maximum absolute atomic E-state index is 12.7. The molecule has 0 aliphatic heterocycles. The third-order valence-corrected chi connectivity index (χ3v) is 6.20. The monoisotopic (exact) mass is 480 g/mol. The molecule has 0 heterocycles. The normalized spacial score (nSPS) is 12.2. The number of carbonyl (C=O) groups is 1. The lowest BCUT2D eigenvalue weighted by Gasteiger charge is -2.27. The number of benzene rings is 3. The molecule has 0 unspecified atom stereocenters. The summed E-state index contributed by atoms with van der Waals surface area (Å²) in [6, 6.07) is 22.3. The van der Waals surface area contributed by atoms with Crippen molar-refractivity contribution < 1.29 is 17.9 Å². The molecule has 9 heteroatoms. The van der Waals surface area contributed by atoms with E-state index in [0.29, 0.717) is 17.2 Å². The molecule has 3 rings (SSSR count). The fourth-order valence-electron chi connectivity index (χ4n) is 3.22. The van der Waals surface area contributed by atoms with Crippen molar-refractivity contribution >= 4 is 33.5 Å². The Morgan fingerprint density at radius 2 is 1.47 bits per heavy atom. The van der Waals surface area contributed by atoms with E-state index in [4.69, 9.17) is 4.74 Å². The summed E-state index contributed by atoms with van der Waals surface area (Å²) in [7, 11) is 0.144. The van der Waals surface area contributed by atoms with Crippen LogP contribution in [0.1, 0.15) is 12.5 Å². The highest BCUT2D eigenvalue weighted by molar-refractivity contribution is 7.92. The molecule has 8 nitrogen and oxygen atoms in total. The minimum Gasteiger partial charge on any atom is -0.457 e. The number of ether oxygens (including phenoxy) is 1. The highest BCUT2D eigenvalue weighted by atomic mass is 32.2. The van der Waals surface area contributed by atoms with Gasteiger partial charge in [-0.25, -0.2) is 13.8 Å². The van der Waals surface area contributed by atoms with Crippen LogP contribution in [0.15, 0.2) is 84.0 Å². The van der Waals surface area contributed by atoms with Gasteiger partial charge >= 0.3 is 0 Å². The van der Waals surface area contributed by atoms with Crippen LogP contribution in [0.25, 0.3) is 0 Å². The van der Waals surface area contributed by atoms with Gasteiger partial charge in [0.25, 0.3) is 5.91 Å². The molecule has 0 saturated heterocycles. The van der Waals surface area contributed by atoms with Gasteiger partial charge in [0, 0.05) is 19.8 Å². The molecule has 34 heavy (non-hydrogen) atoms. The number of nitrogens with zero attached hydrogens (tertiary/aromatic N) is 3. The second kappa shape index (κ2) is 10.8. The number of para-hydroxylation sites is 1. The fourth-order valence-corrected chi connectivity index (χ4v) is 4.39. The van der Waals surface area contributed by atoms with Crippen molar-refractivity contribution in [3.63, 3.8) is 0 Å². The fraction of sp³-hybridized carbons (Fsp3) is 0.200. The van der Waals surface area contributed by atoms with E-state index in [2.05, 4.69) is 10.5 Å². The summed E-state index contributed by atoms with van der Waals surface area (Å²) >= 11 is 0. The number of nitrogens with one attached hydrogen (secondary N) is 1. The predicted octanol–water partition coefficient (Wildman–Crippen LogP) is 3.85. The van der Waals surface area contributed by atoms with Gasteiger partial charge in [0.2, 0.25) is 10.0 Å². The average molecular weight is 481 g/mol. The SMILES string of the molecule is C[C@H](C(=O)N/N=C\c1ccc(N(C)C)cc1)N(c1ccc(Oc2ccccc2)cc1)S(C)(=O)=O. The van der Waals surface area contributed by atoms with Gasteiger partial charge in [-0.15, -0.1) is 0 Å². The van der Waals surface area contributed by atoms with Gasteiger partial charge in [0.1, 0.15) is 17.5 Å². The first kappa shape index (κ1) is 24.8. The van der Waals surface area contributed by atoms with Crippen molar-refractivity contribution in [3.05, 3.63) is 84.4 Å². The van der Waals surface area contributed by atoms with E-state index in [0.717, 1.165) is 21.8 Å². The number of rotatable bonds is 9. The zero-order valence-corrected chi connectivity index (χ0v) is 20.4. The van der Waals surface area contributed by atoms with Gasteiger partial charge < -0.3 is 9.64 Å². The highest BCUT2D eigenvalue weighted by Crippen LogP contribution is 2.26. The van der Waals surface area contributed by atoms with Crippen LogP contribution in [0.5, 0.6) is 11.5 Å². The summed E-state index contributed by atoms with van der Waals surface area (Å²) in [6.45, 7) is 1.51. The molecule has 3 aromatic rings. The Balaban J connectivity index is 1.70. The van der Waals surface area contributed by atoms with Crippen molar-refractivity contribution in [1.82, 2.24) is 5.43 Å². The maximum atomic E-state index is 12.7. The number of hydrogen-bond acceptors (Lipinski definition) is 6. The highest BCUT2D eigenvalue weighted by Gasteiger charge is 2.29. The van der Waals surface area contributed by atoms with Gasteiger partial charge in [-0.1, -0.05) is 30.3 Å². The Labute approximate surface area is 200 Å². The molecule has 0 bridgehead atoms. The van der Waals surface area contributed by atoms with Gasteiger partial charge in [-0.05, 0) is 61.0 Å². The van der Waals surface area contributed by atoms with Gasteiger partial charge in [0.15, 0.2) is 0 Å². The molecule has 178 valence electrons. The van der Waals surface area contributed by atoms with Crippen molar-refractivity contribution in [2.75, 3.05) is 29.6 Å². The molecular weight excluding hydrogens is 452 g/mol. The number of sulfonamides is 1. The van der Waals surface area contributed by atoms with Crippen LogP contribution in [0.4, 0.5) is 11.4 Å². The lowest BCUT2D eigenvalue weighted by molar-refractivity contribution is -0.121. The van der Waals surface area contributed by atoms with Crippen molar-refractivity contribution in [2.45, 2.75) is 13.0 Å². The van der Waals surface area contributed by atoms with Crippen LogP contribution in [0.3, 0.4) is 0 Å². The number of amides is 1. The van der Waals surface area contributed by atoms with Crippen molar-refractivity contribution in [1.29, 1.82) is 0 Å². The lowest BCUT2D eigenvalue weighted by Crippen LogP contribution is -2.46. The zero-order chi connectivity index (χ0) is 24.7. The summed E-state index contributed by atoms with van der Waals surface area (Å²) in [4.78, 5) is 14.7. The Morgan fingerprint density at radius 1 is 0.912 bits per heavy atom. The summed E-state index contributed by atoms with van der Waals surface area (Å²) in [5.74, 6) is 0.652. The number of carbonyl (C=O) groups excluding carboxylic acids is 1. The first-order valence-electron chi connectivity index (χ1n) is 10.6. The maximum Gasteiger partial charge on any atom is 0.263 e. The first-order chi connectivity index (χ1) is 16.1. The van der Waals surface area contributed by atoms with Gasteiger partial charge in [0.05, 0.1) is 18.2 Å². The Bertz CT molecular complexity index is 1230. The Hall–Kier alpha value is -3.85. The van der Waals surface area contributed by atoms with Crippen LogP contribution < -0.4 is 19.4 Å². The van der Waals surface area contributed by atoms with Crippen LogP contribution in [-0.4, -0.2) is 46.9 Å². The van der Waals surface area contributed by atoms with Gasteiger partial charge in [-0.3, -0.25) is 9.10 Å².